The number of hydrogen-bond donors (Lipinski definition) is 1. The van der Waals surface area contributed by atoms with Crippen molar-refractivity contribution in [3.8, 4) is 0 Å². The van der Waals surface area contributed by atoms with Gasteiger partial charge in [0.05, 0.1) is 0 Å². The average molecular weight is 339 g/mol. The number of carbonyl (C=O) groups excluding carboxylic acids is 1. The highest BCUT2D eigenvalue weighted by atomic mass is 79.9. The molecule has 1 aliphatic rings. The second-order valence-electron chi connectivity index (χ2n) is 5.52. The van der Waals surface area contributed by atoms with Crippen LogP contribution in [0.15, 0.2) is 22.7 Å². The summed E-state index contributed by atoms with van der Waals surface area (Å²) in [5, 5.41) is 2.98. The van der Waals surface area contributed by atoms with E-state index < -0.39 is 0 Å². The molecular formula is C16H23BrN2O. The van der Waals surface area contributed by atoms with E-state index in [1.54, 1.807) is 0 Å². The van der Waals surface area contributed by atoms with E-state index in [-0.39, 0.29) is 5.91 Å². The number of benzene rings is 1. The third-order valence-electron chi connectivity index (χ3n) is 3.80. The number of halogens is 1. The Hall–Kier alpha value is -0.870. The molecule has 1 aliphatic heterocycles. The number of carbonyl (C=O) groups is 1. The monoisotopic (exact) mass is 338 g/mol. The normalized spacial score (nSPS) is 16.7. The van der Waals surface area contributed by atoms with Crippen molar-refractivity contribution < 1.29 is 4.79 Å². The number of likely N-dealkylation sites (tertiary alicyclic amines) is 1. The molecule has 0 saturated carbocycles. The van der Waals surface area contributed by atoms with Gasteiger partial charge in [0.15, 0.2) is 0 Å². The van der Waals surface area contributed by atoms with Crippen molar-refractivity contribution in [2.75, 3.05) is 25.0 Å². The second kappa shape index (κ2) is 7.79. The first-order valence-electron chi connectivity index (χ1n) is 7.43. The summed E-state index contributed by atoms with van der Waals surface area (Å²) in [6.07, 6.45) is 5.79. The fourth-order valence-electron chi connectivity index (χ4n) is 2.57. The Morgan fingerprint density at radius 2 is 1.95 bits per heavy atom. The van der Waals surface area contributed by atoms with Gasteiger partial charge in [0.25, 0.3) is 0 Å². The maximum absolute atomic E-state index is 12.0. The molecule has 0 radical (unpaired) electrons. The van der Waals surface area contributed by atoms with Crippen LogP contribution in [0.2, 0.25) is 0 Å². The molecule has 3 nitrogen and oxygen atoms in total. The molecular weight excluding hydrogens is 316 g/mol. The van der Waals surface area contributed by atoms with E-state index in [2.05, 4.69) is 26.1 Å². The van der Waals surface area contributed by atoms with Crippen LogP contribution < -0.4 is 5.32 Å². The second-order valence-corrected chi connectivity index (χ2v) is 6.37. The van der Waals surface area contributed by atoms with Crippen LogP contribution in [-0.2, 0) is 4.79 Å². The zero-order chi connectivity index (χ0) is 14.4. The van der Waals surface area contributed by atoms with E-state index >= 15 is 0 Å². The summed E-state index contributed by atoms with van der Waals surface area (Å²) in [7, 11) is 0. The Labute approximate surface area is 129 Å². The van der Waals surface area contributed by atoms with Gasteiger partial charge in [-0.2, -0.15) is 0 Å². The highest BCUT2D eigenvalue weighted by molar-refractivity contribution is 9.10. The molecule has 1 aromatic rings. The summed E-state index contributed by atoms with van der Waals surface area (Å²) in [5.74, 6) is 0.107. The quantitative estimate of drug-likeness (QED) is 0.900. The molecule has 110 valence electrons. The minimum Gasteiger partial charge on any atom is -0.326 e. The largest absolute Gasteiger partial charge is 0.326 e. The SMILES string of the molecule is Cc1cc(NC(=O)CCN2CCCCCC2)ccc1Br. The van der Waals surface area contributed by atoms with Gasteiger partial charge in [-0.05, 0) is 56.6 Å². The molecule has 1 N–H and O–H groups in total. The fourth-order valence-corrected chi connectivity index (χ4v) is 2.81. The van der Waals surface area contributed by atoms with E-state index in [1.807, 2.05) is 25.1 Å². The summed E-state index contributed by atoms with van der Waals surface area (Å²) < 4.78 is 1.07. The third kappa shape index (κ3) is 4.91. The predicted molar refractivity (Wildman–Crippen MR) is 87.0 cm³/mol. The van der Waals surface area contributed by atoms with Gasteiger partial charge in [-0.15, -0.1) is 0 Å². The van der Waals surface area contributed by atoms with Crippen molar-refractivity contribution in [2.45, 2.75) is 39.0 Å². The zero-order valence-corrected chi connectivity index (χ0v) is 13.7. The number of anilines is 1. The predicted octanol–water partition coefficient (Wildman–Crippen LogP) is 3.96. The van der Waals surface area contributed by atoms with Crippen molar-refractivity contribution >= 4 is 27.5 Å². The summed E-state index contributed by atoms with van der Waals surface area (Å²) in [4.78, 5) is 14.4. The van der Waals surface area contributed by atoms with Gasteiger partial charge in [-0.25, -0.2) is 0 Å². The van der Waals surface area contributed by atoms with Gasteiger partial charge in [0.1, 0.15) is 0 Å². The van der Waals surface area contributed by atoms with Crippen molar-refractivity contribution in [1.82, 2.24) is 4.90 Å². The van der Waals surface area contributed by atoms with E-state index in [9.17, 15) is 4.79 Å². The molecule has 1 fully saturated rings. The Morgan fingerprint density at radius 3 is 2.60 bits per heavy atom. The molecule has 0 aliphatic carbocycles. The molecule has 0 bridgehead atoms. The number of rotatable bonds is 4. The first kappa shape index (κ1) is 15.5. The van der Waals surface area contributed by atoms with Gasteiger partial charge < -0.3 is 10.2 Å². The van der Waals surface area contributed by atoms with Crippen LogP contribution in [0.1, 0.15) is 37.7 Å². The van der Waals surface area contributed by atoms with Gasteiger partial charge >= 0.3 is 0 Å². The summed E-state index contributed by atoms with van der Waals surface area (Å²) in [5.41, 5.74) is 2.02. The van der Waals surface area contributed by atoms with Crippen molar-refractivity contribution in [3.63, 3.8) is 0 Å². The van der Waals surface area contributed by atoms with Crippen molar-refractivity contribution in [3.05, 3.63) is 28.2 Å². The minimum absolute atomic E-state index is 0.107. The fraction of sp³-hybridized carbons (Fsp3) is 0.562. The highest BCUT2D eigenvalue weighted by Gasteiger charge is 2.11. The lowest BCUT2D eigenvalue weighted by Gasteiger charge is -2.19. The maximum atomic E-state index is 12.0. The minimum atomic E-state index is 0.107. The van der Waals surface area contributed by atoms with Crippen molar-refractivity contribution in [1.29, 1.82) is 0 Å². The molecule has 0 atom stereocenters. The number of aryl methyl sites for hydroxylation is 1. The van der Waals surface area contributed by atoms with Crippen LogP contribution in [0.25, 0.3) is 0 Å². The Bertz CT molecular complexity index is 454. The first-order chi connectivity index (χ1) is 9.65. The van der Waals surface area contributed by atoms with Crippen LogP contribution in [0.3, 0.4) is 0 Å². The highest BCUT2D eigenvalue weighted by Crippen LogP contribution is 2.20. The topological polar surface area (TPSA) is 32.3 Å². The molecule has 0 unspecified atom stereocenters. The molecule has 1 amide bonds. The third-order valence-corrected chi connectivity index (χ3v) is 4.69. The molecule has 0 spiro atoms. The van der Waals surface area contributed by atoms with Gasteiger partial charge in [-0.1, -0.05) is 28.8 Å². The number of nitrogens with zero attached hydrogens (tertiary/aromatic N) is 1. The number of hydrogen-bond acceptors (Lipinski definition) is 2. The van der Waals surface area contributed by atoms with Crippen LogP contribution in [0, 0.1) is 6.92 Å². The first-order valence-corrected chi connectivity index (χ1v) is 8.23. The Balaban J connectivity index is 1.78. The maximum Gasteiger partial charge on any atom is 0.225 e. The molecule has 4 heteroatoms. The van der Waals surface area contributed by atoms with Crippen molar-refractivity contribution in [2.24, 2.45) is 0 Å². The summed E-state index contributed by atoms with van der Waals surface area (Å²) in [6.45, 7) is 5.19. The van der Waals surface area contributed by atoms with Crippen LogP contribution >= 0.6 is 15.9 Å². The van der Waals surface area contributed by atoms with E-state index in [1.165, 1.54) is 25.7 Å². The lowest BCUT2D eigenvalue weighted by molar-refractivity contribution is -0.116. The molecule has 0 aromatic heterocycles. The molecule has 20 heavy (non-hydrogen) atoms. The Morgan fingerprint density at radius 1 is 1.25 bits per heavy atom. The van der Waals surface area contributed by atoms with Gasteiger partial charge in [-0.3, -0.25) is 4.79 Å². The zero-order valence-electron chi connectivity index (χ0n) is 12.1. The number of nitrogens with one attached hydrogen (secondary N) is 1. The number of amides is 1. The van der Waals surface area contributed by atoms with E-state index in [0.717, 1.165) is 35.4 Å². The lowest BCUT2D eigenvalue weighted by Crippen LogP contribution is -2.28. The average Bonchev–Trinajstić information content (AvgIpc) is 2.69. The standard InChI is InChI=1S/C16H23BrN2O/c1-13-12-14(6-7-15(13)17)18-16(20)8-11-19-9-4-2-3-5-10-19/h6-7,12H,2-5,8-11H2,1H3,(H,18,20). The lowest BCUT2D eigenvalue weighted by atomic mass is 10.2. The van der Waals surface area contributed by atoms with Crippen LogP contribution in [-0.4, -0.2) is 30.4 Å². The molecule has 1 saturated heterocycles. The van der Waals surface area contributed by atoms with Gasteiger partial charge in [0, 0.05) is 23.1 Å². The van der Waals surface area contributed by atoms with Crippen LogP contribution in [0.4, 0.5) is 5.69 Å². The Kier molecular flexibility index (Phi) is 6.05. The van der Waals surface area contributed by atoms with E-state index in [4.69, 9.17) is 0 Å². The summed E-state index contributed by atoms with van der Waals surface area (Å²) >= 11 is 3.47. The molecule has 2 rings (SSSR count). The van der Waals surface area contributed by atoms with Gasteiger partial charge in [0.2, 0.25) is 5.91 Å². The van der Waals surface area contributed by atoms with E-state index in [0.29, 0.717) is 6.42 Å². The summed E-state index contributed by atoms with van der Waals surface area (Å²) in [6, 6.07) is 5.90. The smallest absolute Gasteiger partial charge is 0.225 e. The molecule has 1 heterocycles. The van der Waals surface area contributed by atoms with Crippen LogP contribution in [0.5, 0.6) is 0 Å². The molecule has 1 aromatic carbocycles.